The first kappa shape index (κ1) is 29.4. The zero-order chi connectivity index (χ0) is 28.9. The van der Waals surface area contributed by atoms with Crippen LogP contribution in [0.2, 0.25) is 0 Å². The molecule has 3 heterocycles. The van der Waals surface area contributed by atoms with Gasteiger partial charge in [0.15, 0.2) is 5.13 Å². The molecule has 0 unspecified atom stereocenters. The second-order valence-corrected chi connectivity index (χ2v) is 11.2. The van der Waals surface area contributed by atoms with Crippen LogP contribution in [0.25, 0.3) is 0 Å². The lowest BCUT2D eigenvalue weighted by Crippen LogP contribution is -2.47. The van der Waals surface area contributed by atoms with Crippen LogP contribution >= 0.6 is 23.1 Å². The van der Waals surface area contributed by atoms with Crippen LogP contribution in [0, 0.1) is 5.41 Å². The number of piperazine rings is 1. The van der Waals surface area contributed by atoms with E-state index in [9.17, 15) is 22.8 Å². The summed E-state index contributed by atoms with van der Waals surface area (Å²) in [5.74, 6) is 0.575. The number of aromatic nitrogens is 1. The molecule has 0 radical (unpaired) electrons. The van der Waals surface area contributed by atoms with Crippen molar-refractivity contribution in [1.82, 2.24) is 25.4 Å². The first-order chi connectivity index (χ1) is 19.0. The van der Waals surface area contributed by atoms with Gasteiger partial charge in [0.2, 0.25) is 0 Å². The topological polar surface area (TPSA) is 125 Å². The van der Waals surface area contributed by atoms with E-state index in [0.29, 0.717) is 46.8 Å². The maximum atomic E-state index is 12.9. The molecule has 0 spiro atoms. The summed E-state index contributed by atoms with van der Waals surface area (Å²) in [6.45, 7) is 3.46. The van der Waals surface area contributed by atoms with Gasteiger partial charge in [-0.15, -0.1) is 11.3 Å². The zero-order valence-electron chi connectivity index (χ0n) is 21.8. The zero-order valence-corrected chi connectivity index (χ0v) is 23.4. The monoisotopic (exact) mass is 594 g/mol. The number of anilines is 2. The van der Waals surface area contributed by atoms with Crippen LogP contribution in [-0.4, -0.2) is 79.3 Å². The number of carbonyl (C=O) groups is 2. The fourth-order valence-electron chi connectivity index (χ4n) is 3.95. The summed E-state index contributed by atoms with van der Waals surface area (Å²) in [5, 5.41) is 19.9. The van der Waals surface area contributed by atoms with Crippen molar-refractivity contribution >= 4 is 51.6 Å². The Balaban J connectivity index is 1.27. The highest BCUT2D eigenvalue weighted by Gasteiger charge is 2.31. The molecule has 3 amide bonds. The van der Waals surface area contributed by atoms with Gasteiger partial charge in [-0.25, -0.2) is 9.78 Å². The summed E-state index contributed by atoms with van der Waals surface area (Å²) in [7, 11) is 3.76. The third-order valence-corrected chi connectivity index (χ3v) is 8.22. The highest BCUT2D eigenvalue weighted by Crippen LogP contribution is 2.36. The molecule has 5 N–H and O–H groups in total. The molecule has 1 aromatic carbocycles. The van der Waals surface area contributed by atoms with Crippen molar-refractivity contribution in [2.24, 2.45) is 0 Å². The van der Waals surface area contributed by atoms with Crippen molar-refractivity contribution in [3.05, 3.63) is 62.6 Å². The number of thiazole rings is 1. The first-order valence-corrected chi connectivity index (χ1v) is 14.0. The molecule has 0 atom stereocenters. The lowest BCUT2D eigenvalue weighted by molar-refractivity contribution is -0.137. The van der Waals surface area contributed by atoms with Gasteiger partial charge in [0.1, 0.15) is 5.82 Å². The molecule has 0 bridgehead atoms. The Kier molecular flexibility index (Phi) is 9.37. The summed E-state index contributed by atoms with van der Waals surface area (Å²) in [4.78, 5) is 35.3. The number of nitrogens with zero attached hydrogens (tertiary/aromatic N) is 3. The van der Waals surface area contributed by atoms with E-state index in [-0.39, 0.29) is 17.3 Å². The molecule has 4 rings (SSSR count). The van der Waals surface area contributed by atoms with E-state index in [1.165, 1.54) is 35.2 Å². The Morgan fingerprint density at radius 3 is 2.60 bits per heavy atom. The van der Waals surface area contributed by atoms with E-state index in [2.05, 4.69) is 31.2 Å². The Labute approximate surface area is 237 Å². The normalized spacial score (nSPS) is 17.4. The van der Waals surface area contributed by atoms with Crippen molar-refractivity contribution in [2.75, 3.05) is 57.5 Å². The Morgan fingerprint density at radius 1 is 1.15 bits per heavy atom. The van der Waals surface area contributed by atoms with Crippen LogP contribution in [0.1, 0.15) is 10.4 Å². The van der Waals surface area contributed by atoms with E-state index in [1.807, 2.05) is 11.9 Å². The van der Waals surface area contributed by atoms with Crippen LogP contribution in [0.15, 0.2) is 52.2 Å². The van der Waals surface area contributed by atoms with E-state index in [1.54, 1.807) is 19.3 Å². The molecule has 214 valence electrons. The summed E-state index contributed by atoms with van der Waals surface area (Å²) in [6.07, 6.45) is -0.733. The summed E-state index contributed by atoms with van der Waals surface area (Å²) < 4.78 is 38.7. The Morgan fingerprint density at radius 2 is 1.90 bits per heavy atom. The Bertz CT molecular complexity index is 1330. The number of amides is 3. The standard InChI is InChI=1S/C25H29F3N8O2S2/c1-30-21(20-18(29)13-19(40-20)22(37)36-10-8-35(2)9-11-36)31-7-6-17-14-32-24(39-17)34-23(38)33-16-5-3-4-15(12-16)25(26,27)28/h3-5,12-14,29-31H,6-11H2,1-2H3,(H2,32,33,34,38)/b21-20-,29-18?. The quantitative estimate of drug-likeness (QED) is 0.315. The number of halogens is 3. The van der Waals surface area contributed by atoms with Gasteiger partial charge >= 0.3 is 12.2 Å². The van der Waals surface area contributed by atoms with Gasteiger partial charge in [0.05, 0.1) is 21.1 Å². The second-order valence-electron chi connectivity index (χ2n) is 9.04. The molecule has 1 saturated heterocycles. The number of benzene rings is 1. The number of nitrogens with one attached hydrogen (secondary N) is 5. The average molecular weight is 595 g/mol. The third kappa shape index (κ3) is 7.55. The van der Waals surface area contributed by atoms with Crippen molar-refractivity contribution in [2.45, 2.75) is 12.6 Å². The van der Waals surface area contributed by atoms with Crippen LogP contribution in [0.5, 0.6) is 0 Å². The van der Waals surface area contributed by atoms with Gasteiger partial charge in [0, 0.05) is 63.0 Å². The molecule has 2 aliphatic rings. The minimum Gasteiger partial charge on any atom is -0.374 e. The highest BCUT2D eigenvalue weighted by molar-refractivity contribution is 8.09. The number of carbonyl (C=O) groups excluding carboxylic acids is 2. The van der Waals surface area contributed by atoms with Gasteiger partial charge in [-0.1, -0.05) is 17.8 Å². The molecule has 2 aromatic rings. The molecule has 0 saturated carbocycles. The minimum atomic E-state index is -4.51. The fourth-order valence-corrected chi connectivity index (χ4v) is 5.82. The number of hydrogen-bond acceptors (Lipinski definition) is 9. The van der Waals surface area contributed by atoms with Crippen LogP contribution in [0.3, 0.4) is 0 Å². The van der Waals surface area contributed by atoms with Gasteiger partial charge in [-0.05, 0) is 31.3 Å². The average Bonchev–Trinajstić information content (AvgIpc) is 3.52. The summed E-state index contributed by atoms with van der Waals surface area (Å²) in [5.41, 5.74) is -0.584. The molecular weight excluding hydrogens is 565 g/mol. The van der Waals surface area contributed by atoms with Crippen molar-refractivity contribution < 1.29 is 22.8 Å². The molecule has 0 aliphatic carbocycles. The molecule has 40 heavy (non-hydrogen) atoms. The molecule has 1 aromatic heterocycles. The maximum absolute atomic E-state index is 12.9. The first-order valence-electron chi connectivity index (χ1n) is 12.4. The molecule has 10 nitrogen and oxygen atoms in total. The van der Waals surface area contributed by atoms with Crippen molar-refractivity contribution in [3.8, 4) is 0 Å². The number of alkyl halides is 3. The number of allylic oxidation sites excluding steroid dienone is 2. The lowest BCUT2D eigenvalue weighted by atomic mass is 10.2. The molecular formula is C25H29F3N8O2S2. The van der Waals surface area contributed by atoms with Gasteiger partial charge in [-0.2, -0.15) is 13.2 Å². The molecule has 2 aliphatic heterocycles. The SMILES string of the molecule is CN/C(NCCc1cnc(NC(=O)Nc2cccc(C(F)(F)F)c2)s1)=C1/SC(C(=O)N2CCN(C)CC2)=CC1=N. The van der Waals surface area contributed by atoms with Gasteiger partial charge in [-0.3, -0.25) is 15.5 Å². The van der Waals surface area contributed by atoms with Crippen molar-refractivity contribution in [3.63, 3.8) is 0 Å². The second kappa shape index (κ2) is 12.7. The smallest absolute Gasteiger partial charge is 0.374 e. The fraction of sp³-hybridized carbons (Fsp3) is 0.360. The summed E-state index contributed by atoms with van der Waals surface area (Å²) >= 11 is 2.51. The van der Waals surface area contributed by atoms with Crippen LogP contribution in [0.4, 0.5) is 28.8 Å². The predicted octanol–water partition coefficient (Wildman–Crippen LogP) is 3.75. The Hall–Kier alpha value is -3.56. The van der Waals surface area contributed by atoms with Gasteiger partial charge < -0.3 is 25.8 Å². The maximum Gasteiger partial charge on any atom is 0.416 e. The molecule has 1 fully saturated rings. The lowest BCUT2D eigenvalue weighted by Gasteiger charge is -2.32. The van der Waals surface area contributed by atoms with E-state index in [4.69, 9.17) is 5.41 Å². The van der Waals surface area contributed by atoms with E-state index in [0.717, 1.165) is 30.1 Å². The summed E-state index contributed by atoms with van der Waals surface area (Å²) in [6, 6.07) is 3.67. The number of thioether (sulfide) groups is 1. The van der Waals surface area contributed by atoms with Crippen LogP contribution in [-0.2, 0) is 17.4 Å². The minimum absolute atomic E-state index is 0.0131. The number of rotatable bonds is 8. The number of hydrogen-bond donors (Lipinski definition) is 5. The number of urea groups is 1. The van der Waals surface area contributed by atoms with Gasteiger partial charge in [0.25, 0.3) is 5.91 Å². The van der Waals surface area contributed by atoms with E-state index >= 15 is 0 Å². The largest absolute Gasteiger partial charge is 0.416 e. The van der Waals surface area contributed by atoms with Crippen molar-refractivity contribution in [1.29, 1.82) is 5.41 Å². The third-order valence-electron chi connectivity index (χ3n) is 6.11. The predicted molar refractivity (Wildman–Crippen MR) is 151 cm³/mol. The number of likely N-dealkylation sites (N-methyl/N-ethyl adjacent to an activating group) is 1. The highest BCUT2D eigenvalue weighted by atomic mass is 32.2. The van der Waals surface area contributed by atoms with E-state index < -0.39 is 17.8 Å². The van der Waals surface area contributed by atoms with Crippen LogP contribution < -0.4 is 21.3 Å². The molecule has 15 heteroatoms.